The van der Waals surface area contributed by atoms with Gasteiger partial charge in [0, 0.05) is 0 Å². The molecule has 1 rings (SSSR count). The molecule has 0 aliphatic carbocycles. The van der Waals surface area contributed by atoms with Crippen molar-refractivity contribution in [1.82, 2.24) is 10.2 Å². The molecule has 1 aromatic heterocycles. The van der Waals surface area contributed by atoms with E-state index in [4.69, 9.17) is 5.73 Å². The van der Waals surface area contributed by atoms with Crippen molar-refractivity contribution in [2.45, 2.75) is 0 Å². The number of amides is 1. The molecular weight excluding hydrogens is 196 g/mol. The first-order valence-electron chi connectivity index (χ1n) is 3.11. The maximum Gasteiger partial charge on any atom is 0.396 e. The lowest BCUT2D eigenvalue weighted by molar-refractivity contribution is -0.150. The van der Waals surface area contributed by atoms with Gasteiger partial charge in [-0.3, -0.25) is 10.1 Å². The Morgan fingerprint density at radius 1 is 1.54 bits per heavy atom. The number of hydrogen-bond donors (Lipinski definition) is 2. The van der Waals surface area contributed by atoms with Crippen LogP contribution in [0.4, 0.5) is 10.3 Å². The van der Waals surface area contributed by atoms with Crippen molar-refractivity contribution in [3.05, 3.63) is 0 Å². The van der Waals surface area contributed by atoms with Gasteiger partial charge in [-0.15, -0.1) is 10.2 Å². The highest BCUT2D eigenvalue weighted by Crippen LogP contribution is 2.15. The molecule has 1 amide bonds. The summed E-state index contributed by atoms with van der Waals surface area (Å²) in [6.45, 7) is 0. The van der Waals surface area contributed by atoms with Crippen molar-refractivity contribution < 1.29 is 14.3 Å². The van der Waals surface area contributed by atoms with Gasteiger partial charge in [-0.1, -0.05) is 11.3 Å². The molecule has 1 heterocycles. The number of ether oxygens (including phenoxy) is 1. The van der Waals surface area contributed by atoms with Crippen LogP contribution in [0.5, 0.6) is 0 Å². The van der Waals surface area contributed by atoms with Crippen molar-refractivity contribution in [3.8, 4) is 0 Å². The second-order valence-electron chi connectivity index (χ2n) is 1.89. The lowest BCUT2D eigenvalue weighted by Crippen LogP contribution is -2.23. The molecule has 0 aromatic carbocycles. The monoisotopic (exact) mass is 202 g/mol. The topological polar surface area (TPSA) is 107 Å². The predicted octanol–water partition coefficient (Wildman–Crippen LogP) is -0.768. The Kier molecular flexibility index (Phi) is 2.75. The van der Waals surface area contributed by atoms with Crippen molar-refractivity contribution in [2.24, 2.45) is 0 Å². The Labute approximate surface area is 76.9 Å². The Morgan fingerprint density at radius 2 is 2.23 bits per heavy atom. The van der Waals surface area contributed by atoms with Gasteiger partial charge in [0.1, 0.15) is 0 Å². The van der Waals surface area contributed by atoms with Gasteiger partial charge in [0.25, 0.3) is 0 Å². The van der Waals surface area contributed by atoms with Crippen molar-refractivity contribution >= 4 is 33.5 Å². The van der Waals surface area contributed by atoms with Crippen LogP contribution in [-0.4, -0.2) is 29.2 Å². The van der Waals surface area contributed by atoms with Crippen LogP contribution in [0.3, 0.4) is 0 Å². The Balaban J connectivity index is 2.60. The number of carbonyl (C=O) groups is 2. The molecule has 0 atom stereocenters. The van der Waals surface area contributed by atoms with E-state index in [1.165, 1.54) is 0 Å². The van der Waals surface area contributed by atoms with Crippen LogP contribution >= 0.6 is 11.3 Å². The number of hydrogen-bond acceptors (Lipinski definition) is 7. The van der Waals surface area contributed by atoms with Crippen LogP contribution < -0.4 is 11.1 Å². The summed E-state index contributed by atoms with van der Waals surface area (Å²) < 4.78 is 4.17. The molecule has 0 spiro atoms. The van der Waals surface area contributed by atoms with Crippen LogP contribution in [0, 0.1) is 0 Å². The Hall–Kier alpha value is -1.70. The summed E-state index contributed by atoms with van der Waals surface area (Å²) in [5.74, 6) is -1.90. The number of anilines is 2. The minimum Gasteiger partial charge on any atom is -0.462 e. The van der Waals surface area contributed by atoms with E-state index in [1.54, 1.807) is 0 Å². The second kappa shape index (κ2) is 3.81. The molecule has 3 N–H and O–H groups in total. The molecule has 0 bridgehead atoms. The van der Waals surface area contributed by atoms with Gasteiger partial charge in [-0.25, -0.2) is 4.79 Å². The van der Waals surface area contributed by atoms with Crippen LogP contribution in [0.1, 0.15) is 0 Å². The van der Waals surface area contributed by atoms with Crippen molar-refractivity contribution in [3.63, 3.8) is 0 Å². The van der Waals surface area contributed by atoms with E-state index in [1.807, 2.05) is 0 Å². The zero-order chi connectivity index (χ0) is 9.84. The summed E-state index contributed by atoms with van der Waals surface area (Å²) in [5.41, 5.74) is 5.24. The average Bonchev–Trinajstić information content (AvgIpc) is 2.49. The standard InChI is InChI=1S/C5H6N4O3S/c1-12-3(11)2(10)7-5-9-8-4(6)13-5/h1H3,(H2,6,8)(H,7,9,10). The summed E-state index contributed by atoms with van der Waals surface area (Å²) >= 11 is 0.960. The summed E-state index contributed by atoms with van der Waals surface area (Å²) in [6.07, 6.45) is 0. The molecule has 0 saturated carbocycles. The van der Waals surface area contributed by atoms with Gasteiger partial charge in [-0.05, 0) is 0 Å². The van der Waals surface area contributed by atoms with Crippen LogP contribution in [0.25, 0.3) is 0 Å². The lowest BCUT2D eigenvalue weighted by Gasteiger charge is -1.96. The molecule has 7 nitrogen and oxygen atoms in total. The van der Waals surface area contributed by atoms with Gasteiger partial charge >= 0.3 is 11.9 Å². The number of nitrogens with zero attached hydrogens (tertiary/aromatic N) is 2. The molecule has 13 heavy (non-hydrogen) atoms. The van der Waals surface area contributed by atoms with E-state index in [2.05, 4.69) is 20.3 Å². The van der Waals surface area contributed by atoms with E-state index in [-0.39, 0.29) is 10.3 Å². The molecule has 0 aliphatic rings. The normalized spacial score (nSPS) is 9.31. The average molecular weight is 202 g/mol. The highest BCUT2D eigenvalue weighted by atomic mass is 32.1. The fourth-order valence-corrected chi connectivity index (χ4v) is 1.03. The molecule has 70 valence electrons. The number of nitrogens with two attached hydrogens (primary N) is 1. The van der Waals surface area contributed by atoms with E-state index in [0.29, 0.717) is 0 Å². The minimum atomic E-state index is -0.992. The first-order valence-corrected chi connectivity index (χ1v) is 3.93. The third kappa shape index (κ3) is 2.37. The van der Waals surface area contributed by atoms with Gasteiger partial charge < -0.3 is 10.5 Å². The second-order valence-corrected chi connectivity index (χ2v) is 2.90. The maximum atomic E-state index is 10.9. The third-order valence-electron chi connectivity index (χ3n) is 1.03. The summed E-state index contributed by atoms with van der Waals surface area (Å²) in [4.78, 5) is 21.5. The fraction of sp³-hybridized carbons (Fsp3) is 0.200. The molecular formula is C5H6N4O3S. The number of esters is 1. The third-order valence-corrected chi connectivity index (χ3v) is 1.70. The number of carbonyl (C=O) groups excluding carboxylic acids is 2. The molecule has 0 unspecified atom stereocenters. The van der Waals surface area contributed by atoms with Crippen LogP contribution in [0.2, 0.25) is 0 Å². The highest BCUT2D eigenvalue weighted by molar-refractivity contribution is 7.19. The number of rotatable bonds is 1. The first-order chi connectivity index (χ1) is 6.13. The van der Waals surface area contributed by atoms with E-state index >= 15 is 0 Å². The van der Waals surface area contributed by atoms with E-state index in [0.717, 1.165) is 18.4 Å². The summed E-state index contributed by atoms with van der Waals surface area (Å²) in [5, 5.41) is 9.44. The van der Waals surface area contributed by atoms with E-state index in [9.17, 15) is 9.59 Å². The van der Waals surface area contributed by atoms with Crippen LogP contribution in [-0.2, 0) is 14.3 Å². The molecule has 8 heteroatoms. The summed E-state index contributed by atoms with van der Waals surface area (Å²) in [7, 11) is 1.11. The molecule has 0 aliphatic heterocycles. The molecule has 0 radical (unpaired) electrons. The smallest absolute Gasteiger partial charge is 0.396 e. The van der Waals surface area contributed by atoms with E-state index < -0.39 is 11.9 Å². The van der Waals surface area contributed by atoms with Gasteiger partial charge in [-0.2, -0.15) is 0 Å². The Morgan fingerprint density at radius 3 is 2.69 bits per heavy atom. The molecule has 1 aromatic rings. The highest BCUT2D eigenvalue weighted by Gasteiger charge is 2.15. The zero-order valence-electron chi connectivity index (χ0n) is 6.60. The first kappa shape index (κ1) is 9.39. The van der Waals surface area contributed by atoms with Gasteiger partial charge in [0.15, 0.2) is 0 Å². The molecule has 0 fully saturated rings. The zero-order valence-corrected chi connectivity index (χ0v) is 7.42. The van der Waals surface area contributed by atoms with Crippen molar-refractivity contribution in [1.29, 1.82) is 0 Å². The Bertz CT molecular complexity index is 336. The summed E-state index contributed by atoms with van der Waals surface area (Å²) in [6, 6.07) is 0. The number of aromatic nitrogens is 2. The minimum absolute atomic E-state index is 0.160. The van der Waals surface area contributed by atoms with Gasteiger partial charge in [0.2, 0.25) is 10.3 Å². The number of nitrogen functional groups attached to an aromatic ring is 1. The number of methoxy groups -OCH3 is 1. The number of nitrogens with one attached hydrogen (secondary N) is 1. The van der Waals surface area contributed by atoms with Crippen LogP contribution in [0.15, 0.2) is 0 Å². The largest absolute Gasteiger partial charge is 0.462 e. The fourth-order valence-electron chi connectivity index (χ4n) is 0.526. The quantitative estimate of drug-likeness (QED) is 0.457. The molecule has 0 saturated heterocycles. The van der Waals surface area contributed by atoms with Gasteiger partial charge in [0.05, 0.1) is 7.11 Å². The SMILES string of the molecule is COC(=O)C(=O)Nc1nnc(N)s1. The lowest BCUT2D eigenvalue weighted by atomic mass is 10.6. The predicted molar refractivity (Wildman–Crippen MR) is 45.0 cm³/mol. The van der Waals surface area contributed by atoms with Crippen molar-refractivity contribution in [2.75, 3.05) is 18.2 Å². The maximum absolute atomic E-state index is 10.9.